The van der Waals surface area contributed by atoms with Gasteiger partial charge in [0.15, 0.2) is 5.11 Å². The molecule has 0 radical (unpaired) electrons. The van der Waals surface area contributed by atoms with Crippen LogP contribution < -0.4 is 15.6 Å². The van der Waals surface area contributed by atoms with Crippen molar-refractivity contribution < 1.29 is 4.92 Å². The molecule has 7 nitrogen and oxygen atoms in total. The normalized spacial score (nSPS) is 14.0. The first-order valence-electron chi connectivity index (χ1n) is 7.33. The number of rotatable bonds is 6. The number of hydrogen-bond donors (Lipinski definition) is 2. The number of benzene rings is 1. The summed E-state index contributed by atoms with van der Waals surface area (Å²) < 4.78 is 0. The van der Waals surface area contributed by atoms with E-state index in [-0.39, 0.29) is 5.69 Å². The number of nitro benzene ring substituents is 1. The molecule has 1 saturated heterocycles. The predicted octanol–water partition coefficient (Wildman–Crippen LogP) is 2.18. The van der Waals surface area contributed by atoms with Crippen LogP contribution in [0.15, 0.2) is 36.0 Å². The summed E-state index contributed by atoms with van der Waals surface area (Å²) in [6.45, 7) is 6.02. The zero-order chi connectivity index (χ0) is 16.7. The molecule has 8 heteroatoms. The van der Waals surface area contributed by atoms with Crippen molar-refractivity contribution in [2.24, 2.45) is 5.10 Å². The van der Waals surface area contributed by atoms with Gasteiger partial charge in [0.25, 0.3) is 5.69 Å². The predicted molar refractivity (Wildman–Crippen MR) is 96.1 cm³/mol. The Bertz CT molecular complexity index is 626. The van der Waals surface area contributed by atoms with Crippen molar-refractivity contribution in [1.29, 1.82) is 0 Å². The van der Waals surface area contributed by atoms with Crippen molar-refractivity contribution in [2.45, 2.75) is 12.8 Å². The lowest BCUT2D eigenvalue weighted by Crippen LogP contribution is -2.32. The van der Waals surface area contributed by atoms with Crippen LogP contribution in [0.4, 0.5) is 11.4 Å². The molecule has 2 N–H and O–H groups in total. The molecule has 0 aliphatic carbocycles. The molecular formula is C15H19N5O2S. The highest BCUT2D eigenvalue weighted by Gasteiger charge is 2.17. The number of hydrogen-bond acceptors (Lipinski definition) is 5. The van der Waals surface area contributed by atoms with E-state index >= 15 is 0 Å². The molecule has 0 bridgehead atoms. The van der Waals surface area contributed by atoms with Crippen LogP contribution >= 0.6 is 12.2 Å². The van der Waals surface area contributed by atoms with Gasteiger partial charge in [0.2, 0.25) is 0 Å². The Labute approximate surface area is 140 Å². The number of thiocarbonyl (C=S) groups is 1. The average molecular weight is 333 g/mol. The monoisotopic (exact) mass is 333 g/mol. The van der Waals surface area contributed by atoms with Gasteiger partial charge in [0, 0.05) is 43.0 Å². The minimum Gasteiger partial charge on any atom is -0.371 e. The summed E-state index contributed by atoms with van der Waals surface area (Å²) in [6, 6.07) is 4.83. The topological polar surface area (TPSA) is 82.8 Å². The Hall–Kier alpha value is -2.48. The van der Waals surface area contributed by atoms with Gasteiger partial charge in [0.05, 0.1) is 11.1 Å². The second-order valence-corrected chi connectivity index (χ2v) is 5.47. The van der Waals surface area contributed by atoms with Gasteiger partial charge in [-0.25, -0.2) is 0 Å². The molecular weight excluding hydrogens is 314 g/mol. The third-order valence-electron chi connectivity index (χ3n) is 3.45. The number of hydrazone groups is 1. The van der Waals surface area contributed by atoms with E-state index in [4.69, 9.17) is 12.2 Å². The van der Waals surface area contributed by atoms with Crippen LogP contribution in [0.1, 0.15) is 18.4 Å². The van der Waals surface area contributed by atoms with Gasteiger partial charge in [0.1, 0.15) is 0 Å². The van der Waals surface area contributed by atoms with Crippen molar-refractivity contribution >= 4 is 34.9 Å². The Morgan fingerprint density at radius 3 is 2.87 bits per heavy atom. The summed E-state index contributed by atoms with van der Waals surface area (Å²) in [6.07, 6.45) is 5.50. The third kappa shape index (κ3) is 4.75. The molecule has 0 atom stereocenters. The van der Waals surface area contributed by atoms with Gasteiger partial charge in [-0.3, -0.25) is 15.5 Å². The Balaban J connectivity index is 2.16. The second kappa shape index (κ2) is 8.23. The summed E-state index contributed by atoms with van der Waals surface area (Å²) in [4.78, 5) is 12.8. The summed E-state index contributed by atoms with van der Waals surface area (Å²) in [5, 5.41) is 18.3. The van der Waals surface area contributed by atoms with E-state index in [1.54, 1.807) is 18.4 Å². The number of nitrogens with zero attached hydrogens (tertiary/aromatic N) is 3. The molecule has 0 amide bonds. The lowest BCUT2D eigenvalue weighted by molar-refractivity contribution is -0.384. The fraction of sp³-hybridized carbons (Fsp3) is 0.333. The second-order valence-electron chi connectivity index (χ2n) is 5.06. The van der Waals surface area contributed by atoms with Gasteiger partial charge in [-0.2, -0.15) is 5.10 Å². The van der Waals surface area contributed by atoms with E-state index in [1.165, 1.54) is 12.1 Å². The summed E-state index contributed by atoms with van der Waals surface area (Å²) in [7, 11) is 0. The zero-order valence-corrected chi connectivity index (χ0v) is 13.5. The van der Waals surface area contributed by atoms with E-state index < -0.39 is 4.92 Å². The molecule has 1 heterocycles. The highest BCUT2D eigenvalue weighted by atomic mass is 32.1. The van der Waals surface area contributed by atoms with E-state index in [2.05, 4.69) is 27.3 Å². The average Bonchev–Trinajstić information content (AvgIpc) is 3.07. The molecule has 1 aromatic carbocycles. The van der Waals surface area contributed by atoms with Crippen molar-refractivity contribution in [3.8, 4) is 0 Å². The maximum absolute atomic E-state index is 11.0. The SMILES string of the molecule is C=CCNC(=S)NN=Cc1cc([N+](=O)[O-])ccc1N1CCCC1. The van der Waals surface area contributed by atoms with E-state index in [1.807, 2.05) is 0 Å². The Morgan fingerprint density at radius 2 is 2.22 bits per heavy atom. The highest BCUT2D eigenvalue weighted by Crippen LogP contribution is 2.27. The van der Waals surface area contributed by atoms with Crippen LogP contribution in [0.5, 0.6) is 0 Å². The van der Waals surface area contributed by atoms with Crippen LogP contribution in [0.2, 0.25) is 0 Å². The fourth-order valence-electron chi connectivity index (χ4n) is 2.37. The molecule has 122 valence electrons. The van der Waals surface area contributed by atoms with E-state index in [0.717, 1.165) is 31.6 Å². The van der Waals surface area contributed by atoms with Gasteiger partial charge in [-0.15, -0.1) is 6.58 Å². The van der Waals surface area contributed by atoms with Crippen LogP contribution in [-0.2, 0) is 0 Å². The smallest absolute Gasteiger partial charge is 0.270 e. The number of nitrogens with one attached hydrogen (secondary N) is 2. The third-order valence-corrected chi connectivity index (χ3v) is 3.68. The molecule has 0 saturated carbocycles. The highest BCUT2D eigenvalue weighted by molar-refractivity contribution is 7.80. The maximum Gasteiger partial charge on any atom is 0.270 e. The molecule has 0 unspecified atom stereocenters. The van der Waals surface area contributed by atoms with Gasteiger partial charge < -0.3 is 10.2 Å². The lowest BCUT2D eigenvalue weighted by atomic mass is 10.1. The molecule has 23 heavy (non-hydrogen) atoms. The Kier molecular flexibility index (Phi) is 6.04. The number of anilines is 1. The summed E-state index contributed by atoms with van der Waals surface area (Å²) in [5.74, 6) is 0. The van der Waals surface area contributed by atoms with Crippen LogP contribution in [0, 0.1) is 10.1 Å². The molecule has 0 aromatic heterocycles. The molecule has 1 aromatic rings. The van der Waals surface area contributed by atoms with Crippen molar-refractivity contribution in [2.75, 3.05) is 24.5 Å². The molecule has 2 rings (SSSR count). The van der Waals surface area contributed by atoms with Crippen molar-refractivity contribution in [1.82, 2.24) is 10.7 Å². The van der Waals surface area contributed by atoms with Gasteiger partial charge in [-0.1, -0.05) is 6.08 Å². The molecule has 0 spiro atoms. The Morgan fingerprint density at radius 1 is 1.48 bits per heavy atom. The molecule has 1 fully saturated rings. The van der Waals surface area contributed by atoms with E-state index in [0.29, 0.717) is 17.2 Å². The minimum absolute atomic E-state index is 0.0433. The largest absolute Gasteiger partial charge is 0.371 e. The van der Waals surface area contributed by atoms with Crippen LogP contribution in [-0.4, -0.2) is 35.9 Å². The first kappa shape index (κ1) is 16.9. The minimum atomic E-state index is -0.408. The fourth-order valence-corrected chi connectivity index (χ4v) is 2.51. The van der Waals surface area contributed by atoms with Crippen molar-refractivity contribution in [3.63, 3.8) is 0 Å². The molecule has 1 aliphatic rings. The van der Waals surface area contributed by atoms with Gasteiger partial charge in [-0.05, 0) is 31.1 Å². The number of nitro groups is 1. The van der Waals surface area contributed by atoms with E-state index in [9.17, 15) is 10.1 Å². The summed E-state index contributed by atoms with van der Waals surface area (Å²) >= 11 is 5.04. The number of non-ortho nitro benzene ring substituents is 1. The lowest BCUT2D eigenvalue weighted by Gasteiger charge is -2.19. The quantitative estimate of drug-likeness (QED) is 0.273. The standard InChI is InChI=1S/C15H19N5O2S/c1-2-7-16-15(23)18-17-11-12-10-13(20(21)22)5-6-14(12)19-8-3-4-9-19/h2,5-6,10-11H,1,3-4,7-9H2,(H2,16,18,23). The summed E-state index contributed by atoms with van der Waals surface area (Å²) in [5.41, 5.74) is 4.37. The first-order valence-corrected chi connectivity index (χ1v) is 7.74. The molecule has 1 aliphatic heterocycles. The van der Waals surface area contributed by atoms with Gasteiger partial charge >= 0.3 is 0 Å². The van der Waals surface area contributed by atoms with Crippen LogP contribution in [0.3, 0.4) is 0 Å². The maximum atomic E-state index is 11.0. The zero-order valence-electron chi connectivity index (χ0n) is 12.7. The van der Waals surface area contributed by atoms with Crippen molar-refractivity contribution in [3.05, 3.63) is 46.5 Å². The first-order chi connectivity index (χ1) is 11.1. The van der Waals surface area contributed by atoms with Crippen LogP contribution in [0.25, 0.3) is 0 Å².